The van der Waals surface area contributed by atoms with Gasteiger partial charge in [-0.25, -0.2) is 0 Å². The number of rotatable bonds is 5. The van der Waals surface area contributed by atoms with E-state index < -0.39 is 5.92 Å². The summed E-state index contributed by atoms with van der Waals surface area (Å²) in [7, 11) is 0. The van der Waals surface area contributed by atoms with Crippen molar-refractivity contribution in [3.63, 3.8) is 0 Å². The molecule has 0 saturated heterocycles. The summed E-state index contributed by atoms with van der Waals surface area (Å²) in [6.07, 6.45) is 2.26. The highest BCUT2D eigenvalue weighted by molar-refractivity contribution is 5.80. The van der Waals surface area contributed by atoms with Crippen molar-refractivity contribution in [2.75, 3.05) is 6.54 Å². The molecule has 15 heavy (non-hydrogen) atoms. The summed E-state index contributed by atoms with van der Waals surface area (Å²) in [6, 6.07) is 1.93. The van der Waals surface area contributed by atoms with Crippen LogP contribution in [0.2, 0.25) is 0 Å². The first kappa shape index (κ1) is 11.2. The molecule has 0 aliphatic carbocycles. The van der Waals surface area contributed by atoms with Gasteiger partial charge in [-0.3, -0.25) is 4.79 Å². The van der Waals surface area contributed by atoms with Crippen molar-refractivity contribution in [1.29, 1.82) is 5.26 Å². The average molecular weight is 208 g/mol. The van der Waals surface area contributed by atoms with Crippen LogP contribution in [0, 0.1) is 17.2 Å². The fourth-order valence-corrected chi connectivity index (χ4v) is 1.06. The smallest absolute Gasteiger partial charge is 0.237 e. The molecule has 0 saturated carbocycles. The number of nitrogens with one attached hydrogen (secondary N) is 1. The second-order valence-corrected chi connectivity index (χ2v) is 2.98. The topological polar surface area (TPSA) is 91.8 Å². The predicted octanol–water partition coefficient (Wildman–Crippen LogP) is 0.278. The molecule has 1 heterocycles. The van der Waals surface area contributed by atoms with E-state index in [0.29, 0.717) is 25.2 Å². The molecule has 0 aliphatic heterocycles. The van der Waals surface area contributed by atoms with Gasteiger partial charge in [0.05, 0.1) is 6.07 Å². The first-order chi connectivity index (χ1) is 7.27. The lowest BCUT2D eigenvalue weighted by Crippen LogP contribution is -2.31. The van der Waals surface area contributed by atoms with Gasteiger partial charge in [-0.1, -0.05) is 12.1 Å². The van der Waals surface area contributed by atoms with Crippen LogP contribution in [0.1, 0.15) is 19.2 Å². The number of hydrogen-bond donors (Lipinski definition) is 1. The second kappa shape index (κ2) is 5.75. The number of nitriles is 1. The summed E-state index contributed by atoms with van der Waals surface area (Å²) in [5.74, 6) is -0.279. The average Bonchev–Trinajstić information content (AvgIpc) is 2.72. The van der Waals surface area contributed by atoms with E-state index in [9.17, 15) is 4.79 Å². The van der Waals surface area contributed by atoms with E-state index in [-0.39, 0.29) is 5.91 Å². The molecule has 0 aliphatic rings. The molecule has 1 unspecified atom stereocenters. The Labute approximate surface area is 87.3 Å². The summed E-state index contributed by atoms with van der Waals surface area (Å²) in [6.45, 7) is 2.21. The molecule has 0 fully saturated rings. The van der Waals surface area contributed by atoms with E-state index in [2.05, 4.69) is 20.0 Å². The Morgan fingerprint density at radius 2 is 2.60 bits per heavy atom. The monoisotopic (exact) mass is 208 g/mol. The summed E-state index contributed by atoms with van der Waals surface area (Å²) >= 11 is 0. The first-order valence-corrected chi connectivity index (χ1v) is 4.70. The molecule has 6 nitrogen and oxygen atoms in total. The molecule has 1 aromatic rings. The number of amides is 1. The zero-order chi connectivity index (χ0) is 11.1. The van der Waals surface area contributed by atoms with Crippen LogP contribution in [-0.4, -0.2) is 22.6 Å². The van der Waals surface area contributed by atoms with E-state index in [4.69, 9.17) is 5.26 Å². The van der Waals surface area contributed by atoms with E-state index in [1.54, 1.807) is 6.92 Å². The lowest BCUT2D eigenvalue weighted by atomic mass is 10.1. The SMILES string of the molecule is CCC(C#N)C(=O)NCCc1ncon1. The van der Waals surface area contributed by atoms with Crippen molar-refractivity contribution >= 4 is 5.91 Å². The van der Waals surface area contributed by atoms with Crippen LogP contribution >= 0.6 is 0 Å². The van der Waals surface area contributed by atoms with Crippen LogP contribution in [0.15, 0.2) is 10.9 Å². The molecule has 80 valence electrons. The number of nitrogens with zero attached hydrogens (tertiary/aromatic N) is 3. The maximum absolute atomic E-state index is 11.3. The summed E-state index contributed by atoms with van der Waals surface area (Å²) < 4.78 is 4.54. The number of carbonyl (C=O) groups is 1. The minimum absolute atomic E-state index is 0.247. The van der Waals surface area contributed by atoms with Crippen LogP contribution in [0.25, 0.3) is 0 Å². The van der Waals surface area contributed by atoms with Gasteiger partial charge in [-0.05, 0) is 6.42 Å². The third-order valence-electron chi connectivity index (χ3n) is 1.94. The van der Waals surface area contributed by atoms with Crippen LogP contribution in [0.4, 0.5) is 0 Å². The minimum atomic E-state index is -0.574. The fourth-order valence-electron chi connectivity index (χ4n) is 1.06. The highest BCUT2D eigenvalue weighted by Crippen LogP contribution is 1.99. The van der Waals surface area contributed by atoms with Gasteiger partial charge in [-0.15, -0.1) is 0 Å². The summed E-state index contributed by atoms with van der Waals surface area (Å²) in [5, 5.41) is 14.9. The van der Waals surface area contributed by atoms with E-state index in [1.165, 1.54) is 6.39 Å². The van der Waals surface area contributed by atoms with Crippen molar-refractivity contribution in [1.82, 2.24) is 15.5 Å². The van der Waals surface area contributed by atoms with Crippen molar-refractivity contribution < 1.29 is 9.32 Å². The summed E-state index contributed by atoms with van der Waals surface area (Å²) in [5.41, 5.74) is 0. The zero-order valence-electron chi connectivity index (χ0n) is 8.43. The number of carbonyl (C=O) groups excluding carboxylic acids is 1. The van der Waals surface area contributed by atoms with Crippen LogP contribution in [0.5, 0.6) is 0 Å². The van der Waals surface area contributed by atoms with Gasteiger partial charge in [-0.2, -0.15) is 10.2 Å². The van der Waals surface area contributed by atoms with Crippen LogP contribution < -0.4 is 5.32 Å². The lowest BCUT2D eigenvalue weighted by molar-refractivity contribution is -0.123. The molecule has 1 rings (SSSR count). The normalized spacial score (nSPS) is 11.7. The third kappa shape index (κ3) is 3.38. The van der Waals surface area contributed by atoms with Gasteiger partial charge >= 0.3 is 0 Å². The lowest BCUT2D eigenvalue weighted by Gasteiger charge is -2.06. The van der Waals surface area contributed by atoms with E-state index in [1.807, 2.05) is 6.07 Å². The number of hydrogen-bond acceptors (Lipinski definition) is 5. The molecule has 0 aromatic carbocycles. The van der Waals surface area contributed by atoms with Crippen LogP contribution in [-0.2, 0) is 11.2 Å². The Hall–Kier alpha value is -1.90. The predicted molar refractivity (Wildman–Crippen MR) is 50.4 cm³/mol. The van der Waals surface area contributed by atoms with Gasteiger partial charge in [0.25, 0.3) is 0 Å². The minimum Gasteiger partial charge on any atom is -0.355 e. The van der Waals surface area contributed by atoms with Crippen molar-refractivity contribution in [2.45, 2.75) is 19.8 Å². The molecule has 1 aromatic heterocycles. The molecule has 0 radical (unpaired) electrons. The Bertz CT molecular complexity index is 341. The van der Waals surface area contributed by atoms with E-state index in [0.717, 1.165) is 0 Å². The Kier molecular flexibility index (Phi) is 4.29. The van der Waals surface area contributed by atoms with Crippen molar-refractivity contribution in [3.8, 4) is 6.07 Å². The second-order valence-electron chi connectivity index (χ2n) is 2.98. The van der Waals surface area contributed by atoms with Crippen molar-refractivity contribution in [3.05, 3.63) is 12.2 Å². The van der Waals surface area contributed by atoms with Crippen molar-refractivity contribution in [2.24, 2.45) is 5.92 Å². The maximum Gasteiger partial charge on any atom is 0.237 e. The molecule has 1 atom stereocenters. The highest BCUT2D eigenvalue weighted by atomic mass is 16.5. The van der Waals surface area contributed by atoms with Gasteiger partial charge in [0.15, 0.2) is 5.82 Å². The maximum atomic E-state index is 11.3. The molecule has 1 amide bonds. The van der Waals surface area contributed by atoms with E-state index >= 15 is 0 Å². The largest absolute Gasteiger partial charge is 0.355 e. The quantitative estimate of drug-likeness (QED) is 0.750. The van der Waals surface area contributed by atoms with Gasteiger partial charge in [0.2, 0.25) is 12.3 Å². The Balaban J connectivity index is 2.26. The molecule has 6 heteroatoms. The highest BCUT2D eigenvalue weighted by Gasteiger charge is 2.14. The molecule has 1 N–H and O–H groups in total. The van der Waals surface area contributed by atoms with Gasteiger partial charge in [0.1, 0.15) is 5.92 Å². The fraction of sp³-hybridized carbons (Fsp3) is 0.556. The summed E-state index contributed by atoms with van der Waals surface area (Å²) in [4.78, 5) is 15.1. The van der Waals surface area contributed by atoms with Gasteiger partial charge in [0, 0.05) is 13.0 Å². The van der Waals surface area contributed by atoms with Gasteiger partial charge < -0.3 is 9.84 Å². The Morgan fingerprint density at radius 1 is 1.80 bits per heavy atom. The standard InChI is InChI=1S/C9H12N4O2/c1-2-7(5-10)9(14)11-4-3-8-12-6-15-13-8/h6-7H,2-4H2,1H3,(H,11,14). The third-order valence-corrected chi connectivity index (χ3v) is 1.94. The van der Waals surface area contributed by atoms with Crippen LogP contribution in [0.3, 0.4) is 0 Å². The Morgan fingerprint density at radius 3 is 3.13 bits per heavy atom. The first-order valence-electron chi connectivity index (χ1n) is 4.70. The zero-order valence-corrected chi connectivity index (χ0v) is 8.43. The number of aromatic nitrogens is 2. The molecule has 0 spiro atoms. The molecular formula is C9H12N4O2. The molecular weight excluding hydrogens is 196 g/mol. The molecule has 0 bridgehead atoms.